The Morgan fingerprint density at radius 2 is 0.720 bits per heavy atom. The minimum Gasteiger partial charge on any atom is -0.378 e. The smallest absolute Gasteiger partial charge is 0.0360 e. The average Bonchev–Trinajstić information content (AvgIpc) is 2.67. The van der Waals surface area contributed by atoms with Gasteiger partial charge in [0.1, 0.15) is 0 Å². The molecule has 0 amide bonds. The highest BCUT2D eigenvalue weighted by Crippen LogP contribution is 2.08. The van der Waals surface area contributed by atoms with E-state index < -0.39 is 0 Å². The summed E-state index contributed by atoms with van der Waals surface area (Å²) >= 11 is 0. The Bertz CT molecular complexity index is 393. The van der Waals surface area contributed by atoms with Crippen molar-refractivity contribution in [3.05, 3.63) is 60.7 Å². The van der Waals surface area contributed by atoms with Crippen molar-refractivity contribution in [3.8, 4) is 0 Å². The summed E-state index contributed by atoms with van der Waals surface area (Å²) in [6.45, 7) is 12.2. The Kier molecular flexibility index (Phi) is 24.6. The van der Waals surface area contributed by atoms with Crippen molar-refractivity contribution in [1.29, 1.82) is 0 Å². The van der Waals surface area contributed by atoms with Crippen LogP contribution in [-0.2, 0) is 0 Å². The standard InChI is InChI=1S/2C8H11N.C3H8.2C2H6/c2*1-9(2)8-6-4-3-5-7-8;1-3-2;2*1-2/h2*3-7H,1-2H3;3H2,1-2H3;2*1-2H3. The Hall–Kier alpha value is -1.96. The van der Waals surface area contributed by atoms with E-state index in [1.165, 1.54) is 17.8 Å². The van der Waals surface area contributed by atoms with Crippen molar-refractivity contribution in [2.75, 3.05) is 38.0 Å². The van der Waals surface area contributed by atoms with Crippen LogP contribution in [0.4, 0.5) is 11.4 Å². The van der Waals surface area contributed by atoms with Crippen LogP contribution in [0.25, 0.3) is 0 Å². The summed E-state index contributed by atoms with van der Waals surface area (Å²) < 4.78 is 0. The largest absolute Gasteiger partial charge is 0.378 e. The number of nitrogens with zero attached hydrogens (tertiary/aromatic N) is 2. The van der Waals surface area contributed by atoms with Crippen LogP contribution in [0.2, 0.25) is 0 Å². The van der Waals surface area contributed by atoms with Crippen LogP contribution in [0.3, 0.4) is 0 Å². The second kappa shape index (κ2) is 22.0. The predicted octanol–water partition coefficient (Wildman–Crippen LogP) is 6.97. The van der Waals surface area contributed by atoms with E-state index in [9.17, 15) is 0 Å². The molecule has 144 valence electrons. The lowest BCUT2D eigenvalue weighted by Gasteiger charge is -2.10. The van der Waals surface area contributed by atoms with Gasteiger partial charge < -0.3 is 9.80 Å². The molecule has 0 aliphatic rings. The monoisotopic (exact) mass is 346 g/mol. The van der Waals surface area contributed by atoms with Crippen LogP contribution in [-0.4, -0.2) is 28.2 Å². The Morgan fingerprint density at radius 3 is 0.840 bits per heavy atom. The van der Waals surface area contributed by atoms with E-state index in [4.69, 9.17) is 0 Å². The number of hydrogen-bond acceptors (Lipinski definition) is 2. The molecule has 2 aromatic carbocycles. The van der Waals surface area contributed by atoms with Crippen molar-refractivity contribution in [1.82, 2.24) is 0 Å². The fourth-order valence-corrected chi connectivity index (χ4v) is 1.45. The van der Waals surface area contributed by atoms with Crippen molar-refractivity contribution >= 4 is 11.4 Å². The molecule has 0 fully saturated rings. The number of hydrogen-bond donors (Lipinski definition) is 0. The Balaban J connectivity index is -0.000000287. The van der Waals surface area contributed by atoms with Gasteiger partial charge >= 0.3 is 0 Å². The molecular weight excluding hydrogens is 304 g/mol. The lowest BCUT2D eigenvalue weighted by molar-refractivity contribution is 1.09. The average molecular weight is 347 g/mol. The van der Waals surface area contributed by atoms with Gasteiger partial charge in [-0.25, -0.2) is 0 Å². The molecule has 0 unspecified atom stereocenters. The number of benzene rings is 2. The second-order valence-electron chi connectivity index (χ2n) is 5.17. The van der Waals surface area contributed by atoms with Crippen LogP contribution in [0.1, 0.15) is 48.0 Å². The minimum absolute atomic E-state index is 1.25. The maximum absolute atomic E-state index is 2.12. The first kappa shape index (κ1) is 27.9. The lowest BCUT2D eigenvalue weighted by atomic mass is 10.3. The van der Waals surface area contributed by atoms with Gasteiger partial charge in [0.15, 0.2) is 0 Å². The van der Waals surface area contributed by atoms with Crippen LogP contribution in [0, 0.1) is 0 Å². The van der Waals surface area contributed by atoms with E-state index in [0.717, 1.165) is 0 Å². The molecule has 0 bridgehead atoms. The molecule has 2 heteroatoms. The molecule has 0 aromatic heterocycles. The molecule has 0 saturated carbocycles. The summed E-state index contributed by atoms with van der Waals surface area (Å²) in [6.07, 6.45) is 1.25. The van der Waals surface area contributed by atoms with Gasteiger partial charge in [-0.3, -0.25) is 0 Å². The molecule has 0 saturated heterocycles. The highest BCUT2D eigenvalue weighted by Gasteiger charge is 1.88. The van der Waals surface area contributed by atoms with Gasteiger partial charge in [0.25, 0.3) is 0 Å². The molecule has 0 aliphatic carbocycles. The van der Waals surface area contributed by atoms with Crippen LogP contribution >= 0.6 is 0 Å². The summed E-state index contributed by atoms with van der Waals surface area (Å²) in [5.41, 5.74) is 2.50. The van der Waals surface area contributed by atoms with Crippen molar-refractivity contribution < 1.29 is 0 Å². The molecule has 25 heavy (non-hydrogen) atoms. The zero-order valence-electron chi connectivity index (χ0n) is 18.4. The van der Waals surface area contributed by atoms with Gasteiger partial charge in [-0.05, 0) is 24.3 Å². The fourth-order valence-electron chi connectivity index (χ4n) is 1.45. The van der Waals surface area contributed by atoms with E-state index in [0.29, 0.717) is 0 Å². The van der Waals surface area contributed by atoms with Crippen molar-refractivity contribution in [2.45, 2.75) is 48.0 Å². The summed E-state index contributed by atoms with van der Waals surface area (Å²) in [5.74, 6) is 0. The van der Waals surface area contributed by atoms with Gasteiger partial charge in [0.2, 0.25) is 0 Å². The van der Waals surface area contributed by atoms with Gasteiger partial charge in [0, 0.05) is 39.6 Å². The summed E-state index contributed by atoms with van der Waals surface area (Å²) in [6, 6.07) is 20.5. The molecule has 0 spiro atoms. The zero-order chi connectivity index (χ0) is 20.1. The third kappa shape index (κ3) is 18.2. The maximum atomic E-state index is 2.12. The molecule has 0 heterocycles. The Morgan fingerprint density at radius 1 is 0.520 bits per heavy atom. The molecular formula is C23H42N2. The van der Waals surface area contributed by atoms with Gasteiger partial charge in [-0.2, -0.15) is 0 Å². The molecule has 0 N–H and O–H groups in total. The second-order valence-corrected chi connectivity index (χ2v) is 5.17. The molecule has 0 radical (unpaired) electrons. The van der Waals surface area contributed by atoms with Gasteiger partial charge in [0.05, 0.1) is 0 Å². The van der Waals surface area contributed by atoms with Crippen LogP contribution in [0.15, 0.2) is 60.7 Å². The van der Waals surface area contributed by atoms with E-state index >= 15 is 0 Å². The van der Waals surface area contributed by atoms with Crippen molar-refractivity contribution in [3.63, 3.8) is 0 Å². The normalized spacial score (nSPS) is 7.76. The first-order chi connectivity index (χ1) is 12.0. The third-order valence-corrected chi connectivity index (χ3v) is 2.55. The summed E-state index contributed by atoms with van der Waals surface area (Å²) in [7, 11) is 8.15. The molecule has 2 aromatic rings. The van der Waals surface area contributed by atoms with Gasteiger partial charge in [-0.1, -0.05) is 84.4 Å². The quantitative estimate of drug-likeness (QED) is 0.579. The Labute approximate surface area is 158 Å². The minimum atomic E-state index is 1.25. The third-order valence-electron chi connectivity index (χ3n) is 2.55. The van der Waals surface area contributed by atoms with E-state index in [1.54, 1.807) is 0 Å². The highest BCUT2D eigenvalue weighted by atomic mass is 15.1. The maximum Gasteiger partial charge on any atom is 0.0360 e. The van der Waals surface area contributed by atoms with E-state index in [-0.39, 0.29) is 0 Å². The first-order valence-electron chi connectivity index (χ1n) is 9.47. The van der Waals surface area contributed by atoms with Crippen LogP contribution < -0.4 is 9.80 Å². The predicted molar refractivity (Wildman–Crippen MR) is 120 cm³/mol. The number of anilines is 2. The first-order valence-corrected chi connectivity index (χ1v) is 9.47. The summed E-state index contributed by atoms with van der Waals surface area (Å²) in [4.78, 5) is 4.17. The zero-order valence-corrected chi connectivity index (χ0v) is 18.4. The van der Waals surface area contributed by atoms with Gasteiger partial charge in [-0.15, -0.1) is 0 Å². The molecule has 0 aliphatic heterocycles. The molecule has 0 atom stereocenters. The topological polar surface area (TPSA) is 6.48 Å². The summed E-state index contributed by atoms with van der Waals surface area (Å²) in [5, 5.41) is 0. The molecule has 2 nitrogen and oxygen atoms in total. The number of rotatable bonds is 2. The molecule has 2 rings (SSSR count). The number of para-hydroxylation sites is 2. The fraction of sp³-hybridized carbons (Fsp3) is 0.478. The van der Waals surface area contributed by atoms with E-state index in [1.807, 2.05) is 92.3 Å². The lowest BCUT2D eigenvalue weighted by Crippen LogP contribution is -2.07. The van der Waals surface area contributed by atoms with Crippen molar-refractivity contribution in [2.24, 2.45) is 0 Å². The SMILES string of the molecule is CC.CC.CCC.CN(C)c1ccccc1.CN(C)c1ccccc1. The highest BCUT2D eigenvalue weighted by molar-refractivity contribution is 5.44. The van der Waals surface area contributed by atoms with E-state index in [2.05, 4.69) is 47.9 Å². The van der Waals surface area contributed by atoms with Crippen LogP contribution in [0.5, 0.6) is 0 Å².